The molecule has 0 aliphatic carbocycles. The molecule has 0 spiro atoms. The molecule has 0 aromatic heterocycles. The van der Waals surface area contributed by atoms with E-state index in [1.165, 1.54) is 6.07 Å². The summed E-state index contributed by atoms with van der Waals surface area (Å²) in [6.07, 6.45) is 0. The summed E-state index contributed by atoms with van der Waals surface area (Å²) in [7, 11) is 2.10. The van der Waals surface area contributed by atoms with Crippen molar-refractivity contribution in [2.24, 2.45) is 5.73 Å². The number of likely N-dealkylation sites (N-methyl/N-ethyl adjacent to an activating group) is 1. The molecular weight excluding hydrogens is 311 g/mol. The number of rotatable bonds is 4. The van der Waals surface area contributed by atoms with Gasteiger partial charge in [0.2, 0.25) is 0 Å². The average molecular weight is 331 g/mol. The van der Waals surface area contributed by atoms with Crippen LogP contribution in [0.3, 0.4) is 0 Å². The third-order valence-electron chi connectivity index (χ3n) is 3.42. The fourth-order valence-corrected chi connectivity index (χ4v) is 2.52. The second-order valence-corrected chi connectivity index (χ2v) is 5.79. The zero-order valence-electron chi connectivity index (χ0n) is 11.1. The molecule has 1 aromatic rings. The van der Waals surface area contributed by atoms with Gasteiger partial charge in [0.05, 0.1) is 6.04 Å². The molecule has 1 aliphatic rings. The van der Waals surface area contributed by atoms with Crippen LogP contribution in [0.2, 0.25) is 0 Å². The standard InChI is InChI=1S/C13H20BrFN4/c1-18-4-6-19(7-5-18)17-13(9-16)11-3-2-10(14)8-12(11)15/h2-3,8,13,17H,4-7,9,16H2,1H3. The Kier molecular flexibility index (Phi) is 5.29. The number of hydrogen-bond donors (Lipinski definition) is 2. The van der Waals surface area contributed by atoms with Gasteiger partial charge < -0.3 is 10.6 Å². The molecule has 3 N–H and O–H groups in total. The van der Waals surface area contributed by atoms with Crippen LogP contribution >= 0.6 is 15.9 Å². The molecule has 19 heavy (non-hydrogen) atoms. The molecule has 0 amide bonds. The van der Waals surface area contributed by atoms with Gasteiger partial charge in [-0.15, -0.1) is 0 Å². The predicted molar refractivity (Wildman–Crippen MR) is 78.1 cm³/mol. The predicted octanol–water partition coefficient (Wildman–Crippen LogP) is 1.34. The van der Waals surface area contributed by atoms with Crippen molar-refractivity contribution in [2.45, 2.75) is 6.04 Å². The molecule has 1 unspecified atom stereocenters. The number of hydrogen-bond acceptors (Lipinski definition) is 4. The number of nitrogens with one attached hydrogen (secondary N) is 1. The summed E-state index contributed by atoms with van der Waals surface area (Å²) < 4.78 is 14.7. The summed E-state index contributed by atoms with van der Waals surface area (Å²) in [5, 5.41) is 2.12. The van der Waals surface area contributed by atoms with Gasteiger partial charge in [0.25, 0.3) is 0 Å². The maximum Gasteiger partial charge on any atom is 0.129 e. The van der Waals surface area contributed by atoms with Gasteiger partial charge >= 0.3 is 0 Å². The van der Waals surface area contributed by atoms with Crippen molar-refractivity contribution in [2.75, 3.05) is 39.8 Å². The van der Waals surface area contributed by atoms with Crippen molar-refractivity contribution in [3.05, 3.63) is 34.1 Å². The Labute approximate surface area is 121 Å². The monoisotopic (exact) mass is 330 g/mol. The summed E-state index contributed by atoms with van der Waals surface area (Å²) in [6, 6.07) is 4.91. The van der Waals surface area contributed by atoms with Crippen molar-refractivity contribution >= 4 is 15.9 Å². The van der Waals surface area contributed by atoms with Crippen molar-refractivity contribution in [1.82, 2.24) is 15.3 Å². The number of benzene rings is 1. The molecule has 1 aromatic carbocycles. The van der Waals surface area contributed by atoms with Crippen LogP contribution in [0.5, 0.6) is 0 Å². The Bertz CT molecular complexity index is 421. The summed E-state index contributed by atoms with van der Waals surface area (Å²) in [5.41, 5.74) is 9.72. The zero-order chi connectivity index (χ0) is 13.8. The van der Waals surface area contributed by atoms with Crippen LogP contribution in [0.15, 0.2) is 22.7 Å². The number of hydrazine groups is 1. The van der Waals surface area contributed by atoms with Gasteiger partial charge in [0.1, 0.15) is 5.82 Å². The summed E-state index contributed by atoms with van der Waals surface area (Å²) in [4.78, 5) is 2.27. The van der Waals surface area contributed by atoms with Gasteiger partial charge in [-0.2, -0.15) is 0 Å². The Morgan fingerprint density at radius 2 is 2.05 bits per heavy atom. The molecule has 0 radical (unpaired) electrons. The van der Waals surface area contributed by atoms with E-state index in [2.05, 4.69) is 38.3 Å². The van der Waals surface area contributed by atoms with Crippen LogP contribution in [0, 0.1) is 5.82 Å². The highest BCUT2D eigenvalue weighted by atomic mass is 79.9. The number of piperazine rings is 1. The molecule has 2 rings (SSSR count). The lowest BCUT2D eigenvalue weighted by atomic mass is 10.1. The fourth-order valence-electron chi connectivity index (χ4n) is 2.19. The SMILES string of the molecule is CN1CCN(NC(CN)c2ccc(Br)cc2F)CC1. The summed E-state index contributed by atoms with van der Waals surface area (Å²) in [6.45, 7) is 4.22. The zero-order valence-corrected chi connectivity index (χ0v) is 12.7. The van der Waals surface area contributed by atoms with E-state index in [4.69, 9.17) is 5.73 Å². The third-order valence-corrected chi connectivity index (χ3v) is 3.91. The lowest BCUT2D eigenvalue weighted by molar-refractivity contribution is 0.0873. The quantitative estimate of drug-likeness (QED) is 0.874. The topological polar surface area (TPSA) is 44.5 Å². The Hall–Kier alpha value is -0.530. The van der Waals surface area contributed by atoms with E-state index >= 15 is 0 Å². The van der Waals surface area contributed by atoms with Crippen LogP contribution in [0.25, 0.3) is 0 Å². The van der Waals surface area contributed by atoms with Gasteiger partial charge in [-0.25, -0.2) is 14.8 Å². The van der Waals surface area contributed by atoms with Crippen molar-refractivity contribution in [3.8, 4) is 0 Å². The van der Waals surface area contributed by atoms with Crippen LogP contribution in [0.1, 0.15) is 11.6 Å². The molecule has 6 heteroatoms. The molecule has 1 aliphatic heterocycles. The highest BCUT2D eigenvalue weighted by Crippen LogP contribution is 2.21. The molecule has 1 saturated heterocycles. The minimum Gasteiger partial charge on any atom is -0.329 e. The van der Waals surface area contributed by atoms with Crippen LogP contribution in [0.4, 0.5) is 4.39 Å². The maximum atomic E-state index is 14.0. The highest BCUT2D eigenvalue weighted by Gasteiger charge is 2.20. The molecule has 1 heterocycles. The molecule has 0 bridgehead atoms. The molecule has 0 saturated carbocycles. The lowest BCUT2D eigenvalue weighted by Gasteiger charge is -2.35. The maximum absolute atomic E-state index is 14.0. The molecule has 4 nitrogen and oxygen atoms in total. The van der Waals surface area contributed by atoms with Crippen molar-refractivity contribution in [1.29, 1.82) is 0 Å². The average Bonchev–Trinajstić information content (AvgIpc) is 2.39. The van der Waals surface area contributed by atoms with Crippen LogP contribution < -0.4 is 11.2 Å². The van der Waals surface area contributed by atoms with Gasteiger partial charge in [-0.1, -0.05) is 22.0 Å². The minimum absolute atomic E-state index is 0.184. The van der Waals surface area contributed by atoms with Crippen molar-refractivity contribution in [3.63, 3.8) is 0 Å². The smallest absolute Gasteiger partial charge is 0.129 e. The first-order valence-corrected chi connectivity index (χ1v) is 7.24. The normalized spacial score (nSPS) is 19.6. The van der Waals surface area contributed by atoms with Gasteiger partial charge in [0, 0.05) is 42.8 Å². The Morgan fingerprint density at radius 3 is 2.63 bits per heavy atom. The van der Waals surface area contributed by atoms with E-state index in [0.29, 0.717) is 12.1 Å². The fraction of sp³-hybridized carbons (Fsp3) is 0.538. The molecular formula is C13H20BrFN4. The molecule has 106 valence electrons. The van der Waals surface area contributed by atoms with Gasteiger partial charge in [-0.3, -0.25) is 0 Å². The summed E-state index contributed by atoms with van der Waals surface area (Å²) in [5.74, 6) is -0.230. The second-order valence-electron chi connectivity index (χ2n) is 4.87. The molecule has 1 atom stereocenters. The largest absolute Gasteiger partial charge is 0.329 e. The Morgan fingerprint density at radius 1 is 1.37 bits per heavy atom. The van der Waals surface area contributed by atoms with E-state index in [0.717, 1.165) is 30.7 Å². The van der Waals surface area contributed by atoms with Gasteiger partial charge in [0.15, 0.2) is 0 Å². The number of nitrogens with zero attached hydrogens (tertiary/aromatic N) is 2. The van der Waals surface area contributed by atoms with E-state index < -0.39 is 0 Å². The first-order valence-electron chi connectivity index (χ1n) is 6.45. The van der Waals surface area contributed by atoms with Crippen LogP contribution in [-0.4, -0.2) is 49.7 Å². The Balaban J connectivity index is 2.03. The second kappa shape index (κ2) is 6.76. The summed E-state index contributed by atoms with van der Waals surface area (Å²) >= 11 is 3.26. The molecule has 1 fully saturated rings. The minimum atomic E-state index is -0.230. The van der Waals surface area contributed by atoms with E-state index in [1.54, 1.807) is 6.07 Å². The van der Waals surface area contributed by atoms with E-state index in [-0.39, 0.29) is 11.9 Å². The first kappa shape index (κ1) is 14.9. The first-order chi connectivity index (χ1) is 9.10. The van der Waals surface area contributed by atoms with Crippen LogP contribution in [-0.2, 0) is 0 Å². The third kappa shape index (κ3) is 3.97. The lowest BCUT2D eigenvalue weighted by Crippen LogP contribution is -2.52. The highest BCUT2D eigenvalue weighted by molar-refractivity contribution is 9.10. The van der Waals surface area contributed by atoms with Crippen molar-refractivity contribution < 1.29 is 4.39 Å². The number of halogens is 2. The van der Waals surface area contributed by atoms with E-state index in [9.17, 15) is 4.39 Å². The van der Waals surface area contributed by atoms with E-state index in [1.807, 2.05) is 6.07 Å². The number of nitrogens with two attached hydrogens (primary N) is 1. The van der Waals surface area contributed by atoms with Gasteiger partial charge in [-0.05, 0) is 19.2 Å².